The molecule has 0 aliphatic carbocycles. The first-order valence-electron chi connectivity index (χ1n) is 5.26. The van der Waals surface area contributed by atoms with E-state index in [0.29, 0.717) is 12.6 Å². The lowest BCUT2D eigenvalue weighted by Crippen LogP contribution is -2.32. The fourth-order valence-electron chi connectivity index (χ4n) is 1.95. The minimum absolute atomic E-state index is 0.563. The molecule has 1 aromatic heterocycles. The number of aromatic nitrogens is 1. The number of rotatable bonds is 3. The second-order valence-electron chi connectivity index (χ2n) is 3.84. The molecule has 0 saturated carbocycles. The molecule has 2 rings (SSSR count). The third kappa shape index (κ3) is 2.26. The predicted octanol–water partition coefficient (Wildman–Crippen LogP) is 1.48. The van der Waals surface area contributed by atoms with Crippen molar-refractivity contribution < 1.29 is 0 Å². The van der Waals surface area contributed by atoms with Gasteiger partial charge in [-0.2, -0.15) is 11.8 Å². The van der Waals surface area contributed by atoms with Gasteiger partial charge in [0.15, 0.2) is 0 Å². The minimum atomic E-state index is 0.563. The van der Waals surface area contributed by atoms with E-state index >= 15 is 0 Å². The molecule has 1 unspecified atom stereocenters. The van der Waals surface area contributed by atoms with Gasteiger partial charge in [-0.1, -0.05) is 0 Å². The van der Waals surface area contributed by atoms with Crippen LogP contribution in [0.15, 0.2) is 18.5 Å². The number of hydrogen-bond donors (Lipinski definition) is 1. The molecule has 0 bridgehead atoms. The second kappa shape index (κ2) is 4.86. The maximum atomic E-state index is 5.72. The molecule has 2 heterocycles. The molecular weight excluding hydrogens is 206 g/mol. The fourth-order valence-corrected chi connectivity index (χ4v) is 3.21. The fraction of sp³-hybridized carbons (Fsp3) is 0.545. The van der Waals surface area contributed by atoms with Crippen LogP contribution < -0.4 is 10.6 Å². The third-order valence-corrected chi connectivity index (χ3v) is 4.08. The van der Waals surface area contributed by atoms with Crippen molar-refractivity contribution in [3.05, 3.63) is 24.0 Å². The maximum Gasteiger partial charge on any atom is 0.0442 e. The Bertz CT molecular complexity index is 323. The summed E-state index contributed by atoms with van der Waals surface area (Å²) >= 11 is 2.03. The lowest BCUT2D eigenvalue weighted by atomic mass is 10.1. The number of pyridine rings is 1. The Labute approximate surface area is 95.1 Å². The summed E-state index contributed by atoms with van der Waals surface area (Å²) in [5.41, 5.74) is 8.09. The average Bonchev–Trinajstić information content (AvgIpc) is 2.81. The summed E-state index contributed by atoms with van der Waals surface area (Å²) in [5, 5.41) is 0. The van der Waals surface area contributed by atoms with E-state index in [0.717, 1.165) is 5.56 Å². The highest BCUT2D eigenvalue weighted by molar-refractivity contribution is 7.99. The van der Waals surface area contributed by atoms with Crippen molar-refractivity contribution in [1.29, 1.82) is 0 Å². The zero-order chi connectivity index (χ0) is 10.7. The zero-order valence-corrected chi connectivity index (χ0v) is 9.83. The molecule has 1 aliphatic heterocycles. The Hall–Kier alpha value is -0.740. The lowest BCUT2D eigenvalue weighted by molar-refractivity contribution is 0.696. The van der Waals surface area contributed by atoms with E-state index in [4.69, 9.17) is 5.73 Å². The van der Waals surface area contributed by atoms with Crippen molar-refractivity contribution in [1.82, 2.24) is 4.98 Å². The lowest BCUT2D eigenvalue weighted by Gasteiger charge is -2.27. The van der Waals surface area contributed by atoms with E-state index in [2.05, 4.69) is 23.0 Å². The van der Waals surface area contributed by atoms with Gasteiger partial charge in [-0.3, -0.25) is 4.98 Å². The Morgan fingerprint density at radius 1 is 1.67 bits per heavy atom. The first kappa shape index (κ1) is 10.8. The van der Waals surface area contributed by atoms with E-state index in [-0.39, 0.29) is 0 Å². The molecular formula is C11H17N3S. The van der Waals surface area contributed by atoms with Gasteiger partial charge in [0.2, 0.25) is 0 Å². The van der Waals surface area contributed by atoms with Gasteiger partial charge < -0.3 is 10.6 Å². The molecule has 0 radical (unpaired) electrons. The number of hydrogen-bond acceptors (Lipinski definition) is 4. The SMILES string of the molecule is CN(c1ccncc1CN)C1CCSC1. The van der Waals surface area contributed by atoms with Crippen LogP contribution in [0.2, 0.25) is 0 Å². The van der Waals surface area contributed by atoms with Crippen LogP contribution in [0.25, 0.3) is 0 Å². The number of nitrogens with zero attached hydrogens (tertiary/aromatic N) is 2. The van der Waals surface area contributed by atoms with Crippen molar-refractivity contribution in [2.75, 3.05) is 23.5 Å². The first-order valence-corrected chi connectivity index (χ1v) is 6.42. The molecule has 1 aliphatic rings. The van der Waals surface area contributed by atoms with Crippen LogP contribution in [0, 0.1) is 0 Å². The molecule has 1 atom stereocenters. The van der Waals surface area contributed by atoms with Crippen molar-refractivity contribution >= 4 is 17.4 Å². The average molecular weight is 223 g/mol. The largest absolute Gasteiger partial charge is 0.370 e. The van der Waals surface area contributed by atoms with Crippen molar-refractivity contribution in [2.24, 2.45) is 5.73 Å². The number of nitrogens with two attached hydrogens (primary N) is 1. The van der Waals surface area contributed by atoms with Crippen LogP contribution >= 0.6 is 11.8 Å². The van der Waals surface area contributed by atoms with Crippen molar-refractivity contribution in [3.8, 4) is 0 Å². The molecule has 3 nitrogen and oxygen atoms in total. The van der Waals surface area contributed by atoms with E-state index in [9.17, 15) is 0 Å². The summed E-state index contributed by atoms with van der Waals surface area (Å²) < 4.78 is 0. The summed E-state index contributed by atoms with van der Waals surface area (Å²) in [6, 6.07) is 2.72. The summed E-state index contributed by atoms with van der Waals surface area (Å²) in [4.78, 5) is 6.46. The highest BCUT2D eigenvalue weighted by Crippen LogP contribution is 2.27. The molecule has 0 aromatic carbocycles. The second-order valence-corrected chi connectivity index (χ2v) is 4.99. The summed E-state index contributed by atoms with van der Waals surface area (Å²) in [5.74, 6) is 2.50. The molecule has 82 valence electrons. The Kier molecular flexibility index (Phi) is 3.49. The minimum Gasteiger partial charge on any atom is -0.370 e. The van der Waals surface area contributed by atoms with Crippen molar-refractivity contribution in [2.45, 2.75) is 19.0 Å². The quantitative estimate of drug-likeness (QED) is 0.843. The normalized spacial score (nSPS) is 20.5. The Morgan fingerprint density at radius 3 is 3.20 bits per heavy atom. The number of anilines is 1. The zero-order valence-electron chi connectivity index (χ0n) is 9.02. The van der Waals surface area contributed by atoms with Gasteiger partial charge in [0.25, 0.3) is 0 Å². The van der Waals surface area contributed by atoms with Gasteiger partial charge in [0.1, 0.15) is 0 Å². The van der Waals surface area contributed by atoms with Gasteiger partial charge in [-0.05, 0) is 18.2 Å². The van der Waals surface area contributed by atoms with Gasteiger partial charge in [0, 0.05) is 49.0 Å². The van der Waals surface area contributed by atoms with E-state index in [1.807, 2.05) is 24.2 Å². The van der Waals surface area contributed by atoms with E-state index in [1.165, 1.54) is 23.6 Å². The molecule has 2 N–H and O–H groups in total. The molecule has 1 saturated heterocycles. The molecule has 0 spiro atoms. The van der Waals surface area contributed by atoms with Gasteiger partial charge in [-0.15, -0.1) is 0 Å². The molecule has 0 amide bonds. The maximum absolute atomic E-state index is 5.72. The Morgan fingerprint density at radius 2 is 2.53 bits per heavy atom. The van der Waals surface area contributed by atoms with Crippen LogP contribution in [0.4, 0.5) is 5.69 Å². The molecule has 1 aromatic rings. The smallest absolute Gasteiger partial charge is 0.0442 e. The molecule has 1 fully saturated rings. The van der Waals surface area contributed by atoms with Crippen LogP contribution in [0.5, 0.6) is 0 Å². The monoisotopic (exact) mass is 223 g/mol. The van der Waals surface area contributed by atoms with Crippen LogP contribution in [-0.2, 0) is 6.54 Å². The van der Waals surface area contributed by atoms with Crippen LogP contribution in [0.3, 0.4) is 0 Å². The van der Waals surface area contributed by atoms with Crippen molar-refractivity contribution in [3.63, 3.8) is 0 Å². The van der Waals surface area contributed by atoms with Crippen LogP contribution in [-0.4, -0.2) is 29.6 Å². The van der Waals surface area contributed by atoms with Gasteiger partial charge in [0.05, 0.1) is 0 Å². The van der Waals surface area contributed by atoms with E-state index < -0.39 is 0 Å². The molecule has 15 heavy (non-hydrogen) atoms. The number of thioether (sulfide) groups is 1. The molecule has 4 heteroatoms. The highest BCUT2D eigenvalue weighted by atomic mass is 32.2. The topological polar surface area (TPSA) is 42.2 Å². The van der Waals surface area contributed by atoms with E-state index in [1.54, 1.807) is 0 Å². The summed E-state index contributed by atoms with van der Waals surface area (Å²) in [6.07, 6.45) is 4.98. The predicted molar refractivity (Wildman–Crippen MR) is 66.3 cm³/mol. The van der Waals surface area contributed by atoms with Crippen LogP contribution in [0.1, 0.15) is 12.0 Å². The highest BCUT2D eigenvalue weighted by Gasteiger charge is 2.21. The Balaban J connectivity index is 2.19. The summed E-state index contributed by atoms with van der Waals surface area (Å²) in [6.45, 7) is 0.563. The first-order chi connectivity index (χ1) is 7.33. The summed E-state index contributed by atoms with van der Waals surface area (Å²) in [7, 11) is 2.16. The third-order valence-electron chi connectivity index (χ3n) is 2.93. The standard InChI is InChI=1S/C11H17N3S/c1-14(10-3-5-15-8-10)11-2-4-13-7-9(11)6-12/h2,4,7,10H,3,5-6,8,12H2,1H3. The van der Waals surface area contributed by atoms with Gasteiger partial charge >= 0.3 is 0 Å². The van der Waals surface area contributed by atoms with Gasteiger partial charge in [-0.25, -0.2) is 0 Å².